The minimum Gasteiger partial charge on any atom is -0.358 e. The van der Waals surface area contributed by atoms with Gasteiger partial charge in [0, 0.05) is 5.92 Å². The van der Waals surface area contributed by atoms with Crippen LogP contribution in [0.15, 0.2) is 12.7 Å². The van der Waals surface area contributed by atoms with Crippen molar-refractivity contribution >= 4 is 5.78 Å². The Balaban J connectivity index is 2.43. The lowest BCUT2D eigenvalue weighted by molar-refractivity contribution is -0.123. The summed E-state index contributed by atoms with van der Waals surface area (Å²) in [6, 6.07) is 0. The molecule has 1 heterocycles. The molecule has 0 aromatic heterocycles. The Kier molecular flexibility index (Phi) is 2.91. The molecule has 0 unspecified atom stereocenters. The third-order valence-corrected chi connectivity index (χ3v) is 2.56. The van der Waals surface area contributed by atoms with Gasteiger partial charge in [-0.05, 0) is 19.8 Å². The van der Waals surface area contributed by atoms with Gasteiger partial charge in [0.2, 0.25) is 0 Å². The molecule has 0 saturated carbocycles. The van der Waals surface area contributed by atoms with Crippen molar-refractivity contribution < 1.29 is 9.53 Å². The summed E-state index contributed by atoms with van der Waals surface area (Å²) in [5.41, 5.74) is -0.199. The second-order valence-electron chi connectivity index (χ2n) is 4.19. The molecule has 74 valence electrons. The van der Waals surface area contributed by atoms with Gasteiger partial charge in [-0.2, -0.15) is 0 Å². The van der Waals surface area contributed by atoms with Crippen molar-refractivity contribution in [3.63, 3.8) is 0 Å². The van der Waals surface area contributed by atoms with E-state index in [4.69, 9.17) is 4.74 Å². The van der Waals surface area contributed by atoms with E-state index in [-0.39, 0.29) is 23.4 Å². The van der Waals surface area contributed by atoms with Crippen molar-refractivity contribution in [2.45, 2.75) is 45.3 Å². The molecule has 1 saturated heterocycles. The second-order valence-corrected chi connectivity index (χ2v) is 4.19. The molecule has 1 aliphatic heterocycles. The first kappa shape index (κ1) is 10.5. The summed E-state index contributed by atoms with van der Waals surface area (Å²) in [7, 11) is 0. The van der Waals surface area contributed by atoms with Crippen molar-refractivity contribution in [3.05, 3.63) is 12.7 Å². The zero-order valence-corrected chi connectivity index (χ0v) is 8.67. The fraction of sp³-hybridized carbons (Fsp3) is 0.727. The molecule has 0 amide bonds. The number of hydrogen-bond acceptors (Lipinski definition) is 2. The van der Waals surface area contributed by atoms with Crippen LogP contribution in [0, 0.1) is 5.92 Å². The van der Waals surface area contributed by atoms with E-state index in [0.717, 1.165) is 12.8 Å². The van der Waals surface area contributed by atoms with E-state index in [2.05, 4.69) is 6.58 Å². The number of carbonyl (C=O) groups excluding carboxylic acids is 1. The molecule has 1 aliphatic rings. The van der Waals surface area contributed by atoms with Gasteiger partial charge in [-0.25, -0.2) is 0 Å². The fourth-order valence-electron chi connectivity index (χ4n) is 1.48. The van der Waals surface area contributed by atoms with Crippen LogP contribution >= 0.6 is 0 Å². The van der Waals surface area contributed by atoms with Gasteiger partial charge in [0.05, 0.1) is 0 Å². The van der Waals surface area contributed by atoms with Gasteiger partial charge in [-0.1, -0.05) is 19.9 Å². The number of rotatable bonds is 5. The molecule has 0 aromatic rings. The van der Waals surface area contributed by atoms with Crippen LogP contribution in [0.4, 0.5) is 0 Å². The van der Waals surface area contributed by atoms with E-state index in [1.54, 1.807) is 0 Å². The normalized spacial score (nSPS) is 31.8. The average molecular weight is 182 g/mol. The van der Waals surface area contributed by atoms with Crippen LogP contribution in [0.2, 0.25) is 0 Å². The van der Waals surface area contributed by atoms with Crippen LogP contribution in [-0.4, -0.2) is 17.5 Å². The predicted molar refractivity (Wildman–Crippen MR) is 52.6 cm³/mol. The first-order valence-electron chi connectivity index (χ1n) is 4.83. The van der Waals surface area contributed by atoms with Gasteiger partial charge in [0.15, 0.2) is 5.78 Å². The molecular formula is C11H18O2. The zero-order chi connectivity index (χ0) is 10.1. The Morgan fingerprint density at radius 2 is 2.31 bits per heavy atom. The topological polar surface area (TPSA) is 29.6 Å². The number of carbonyl (C=O) groups is 1. The smallest absolute Gasteiger partial charge is 0.167 e. The lowest BCUT2D eigenvalue weighted by Gasteiger charge is -2.04. The molecule has 2 nitrogen and oxygen atoms in total. The summed E-state index contributed by atoms with van der Waals surface area (Å²) in [5.74, 6) is 0.308. The molecule has 0 aliphatic carbocycles. The largest absolute Gasteiger partial charge is 0.358 e. The number of hydrogen-bond donors (Lipinski definition) is 0. The highest BCUT2D eigenvalue weighted by Gasteiger charge is 2.55. The van der Waals surface area contributed by atoms with Gasteiger partial charge in [0.25, 0.3) is 0 Å². The quantitative estimate of drug-likeness (QED) is 0.482. The van der Waals surface area contributed by atoms with Crippen molar-refractivity contribution in [3.8, 4) is 0 Å². The van der Waals surface area contributed by atoms with E-state index < -0.39 is 0 Å². The Morgan fingerprint density at radius 1 is 1.69 bits per heavy atom. The molecule has 0 bridgehead atoms. The number of allylic oxidation sites excluding steroid dienone is 1. The minimum absolute atomic E-state index is 0.0792. The first-order chi connectivity index (χ1) is 6.01. The maximum absolute atomic E-state index is 11.5. The maximum atomic E-state index is 11.5. The van der Waals surface area contributed by atoms with Crippen LogP contribution in [0.5, 0.6) is 0 Å². The van der Waals surface area contributed by atoms with Crippen LogP contribution < -0.4 is 0 Å². The standard InChI is InChI=1S/C11H18O2/c1-5-6-7-11(4)10(13-11)9(12)8(2)3/h5,8,10H,1,6-7H2,2-4H3/t10-,11-/m1/s1. The number of ether oxygens (including phenoxy) is 1. The van der Waals surface area contributed by atoms with Gasteiger partial charge < -0.3 is 4.74 Å². The maximum Gasteiger partial charge on any atom is 0.167 e. The highest BCUT2D eigenvalue weighted by atomic mass is 16.6. The van der Waals surface area contributed by atoms with E-state index in [1.165, 1.54) is 0 Å². The van der Waals surface area contributed by atoms with Crippen molar-refractivity contribution in [1.82, 2.24) is 0 Å². The summed E-state index contributed by atoms with van der Waals surface area (Å²) in [4.78, 5) is 11.5. The van der Waals surface area contributed by atoms with Crippen LogP contribution in [0.3, 0.4) is 0 Å². The highest BCUT2D eigenvalue weighted by molar-refractivity contribution is 5.88. The van der Waals surface area contributed by atoms with Gasteiger partial charge in [-0.3, -0.25) is 4.79 Å². The lowest BCUT2D eigenvalue weighted by atomic mass is 9.94. The van der Waals surface area contributed by atoms with Crippen LogP contribution in [0.25, 0.3) is 0 Å². The summed E-state index contributed by atoms with van der Waals surface area (Å²) in [6.07, 6.45) is 3.52. The molecule has 1 fully saturated rings. The van der Waals surface area contributed by atoms with E-state index in [1.807, 2.05) is 26.8 Å². The zero-order valence-electron chi connectivity index (χ0n) is 8.67. The van der Waals surface area contributed by atoms with Crippen LogP contribution in [0.1, 0.15) is 33.6 Å². The molecule has 2 atom stereocenters. The lowest BCUT2D eigenvalue weighted by Crippen LogP contribution is -2.21. The van der Waals surface area contributed by atoms with E-state index >= 15 is 0 Å². The third-order valence-electron chi connectivity index (χ3n) is 2.56. The van der Waals surface area contributed by atoms with Crippen molar-refractivity contribution in [2.75, 3.05) is 0 Å². The van der Waals surface area contributed by atoms with Gasteiger partial charge in [0.1, 0.15) is 11.7 Å². The summed E-state index contributed by atoms with van der Waals surface area (Å²) >= 11 is 0. The molecule has 2 heteroatoms. The molecule has 0 aromatic carbocycles. The molecule has 1 rings (SSSR count). The third kappa shape index (κ3) is 2.19. The SMILES string of the molecule is C=CCC[C@@]1(C)O[C@@H]1C(=O)C(C)C. The Hall–Kier alpha value is -0.630. The molecule has 0 radical (unpaired) electrons. The summed E-state index contributed by atoms with van der Waals surface area (Å²) < 4.78 is 5.43. The molecule has 0 N–H and O–H groups in total. The Morgan fingerprint density at radius 3 is 2.77 bits per heavy atom. The molecule has 13 heavy (non-hydrogen) atoms. The van der Waals surface area contributed by atoms with Gasteiger partial charge >= 0.3 is 0 Å². The Bertz CT molecular complexity index is 220. The average Bonchev–Trinajstić information content (AvgIpc) is 2.74. The fourth-order valence-corrected chi connectivity index (χ4v) is 1.48. The highest BCUT2D eigenvalue weighted by Crippen LogP contribution is 2.41. The Labute approximate surface area is 80.0 Å². The van der Waals surface area contributed by atoms with Gasteiger partial charge in [-0.15, -0.1) is 6.58 Å². The summed E-state index contributed by atoms with van der Waals surface area (Å²) in [5, 5.41) is 0. The first-order valence-corrected chi connectivity index (χ1v) is 4.83. The summed E-state index contributed by atoms with van der Waals surface area (Å²) in [6.45, 7) is 9.49. The number of epoxide rings is 1. The monoisotopic (exact) mass is 182 g/mol. The number of Topliss-reactive ketones (excluding diaryl/α,β-unsaturated/α-hetero) is 1. The number of ketones is 1. The predicted octanol–water partition coefficient (Wildman–Crippen LogP) is 2.34. The van der Waals surface area contributed by atoms with Crippen LogP contribution in [-0.2, 0) is 9.53 Å². The van der Waals surface area contributed by atoms with Crippen molar-refractivity contribution in [2.24, 2.45) is 5.92 Å². The van der Waals surface area contributed by atoms with Crippen molar-refractivity contribution in [1.29, 1.82) is 0 Å². The molecule has 0 spiro atoms. The minimum atomic E-state index is -0.199. The van der Waals surface area contributed by atoms with E-state index in [9.17, 15) is 4.79 Å². The molecular weight excluding hydrogens is 164 g/mol. The van der Waals surface area contributed by atoms with E-state index in [0.29, 0.717) is 0 Å². The second kappa shape index (κ2) is 3.62.